The van der Waals surface area contributed by atoms with Gasteiger partial charge in [-0.15, -0.1) is 6.58 Å². The normalized spacial score (nSPS) is 13.6. The van der Waals surface area contributed by atoms with Gasteiger partial charge in [0.1, 0.15) is 59.2 Å². The highest BCUT2D eigenvalue weighted by molar-refractivity contribution is 5.98. The fourth-order valence-electron chi connectivity index (χ4n) is 4.00. The van der Waals surface area contributed by atoms with E-state index in [1.165, 1.54) is 7.11 Å². The minimum Gasteiger partial charge on any atom is -0.507 e. The number of phenolic OH excluding ortho intramolecular Hbond substituents is 2. The topological polar surface area (TPSA) is 129 Å². The third kappa shape index (κ3) is 4.53. The first kappa shape index (κ1) is 26.4. The maximum absolute atomic E-state index is 13.2. The van der Waals surface area contributed by atoms with Gasteiger partial charge in [0.15, 0.2) is 0 Å². The lowest BCUT2D eigenvalue weighted by Crippen LogP contribution is -2.14. The Morgan fingerprint density at radius 2 is 1.61 bits per heavy atom. The number of carbonyl (C=O) groups excluding carboxylic acids is 3. The van der Waals surface area contributed by atoms with Gasteiger partial charge in [-0.2, -0.15) is 13.2 Å². The van der Waals surface area contributed by atoms with E-state index in [1.807, 2.05) is 0 Å². The van der Waals surface area contributed by atoms with E-state index >= 15 is 0 Å². The fourth-order valence-corrected chi connectivity index (χ4v) is 4.00. The standard InChI is InChI=1S/C12H9F3O5.C12H12O4/c1-19-10-5(2-3-16)9(17)7-6(4-20-11(7)18)8(10)12(13,14)15;1-3-4-8-9(15-2)5-7-6-16-12(14)10(7)11(8)13/h3,17H,2,4H2,1H3;3,5,13H,1,4,6H2,2H3. The summed E-state index contributed by atoms with van der Waals surface area (Å²) in [6.45, 7) is 3.19. The second-order valence-corrected chi connectivity index (χ2v) is 7.54. The number of methoxy groups -OCH3 is 2. The van der Waals surface area contributed by atoms with E-state index in [0.717, 1.165) is 7.11 Å². The van der Waals surface area contributed by atoms with Crippen LogP contribution in [0.2, 0.25) is 0 Å². The van der Waals surface area contributed by atoms with Gasteiger partial charge in [0.05, 0.1) is 14.2 Å². The van der Waals surface area contributed by atoms with E-state index in [9.17, 15) is 37.8 Å². The molecule has 2 N–H and O–H groups in total. The van der Waals surface area contributed by atoms with Crippen LogP contribution in [0, 0.1) is 0 Å². The zero-order valence-electron chi connectivity index (χ0n) is 19.2. The molecule has 4 rings (SSSR count). The number of aldehydes is 1. The molecule has 0 saturated heterocycles. The van der Waals surface area contributed by atoms with E-state index in [0.29, 0.717) is 29.6 Å². The first-order valence-electron chi connectivity index (χ1n) is 10.3. The summed E-state index contributed by atoms with van der Waals surface area (Å²) in [7, 11) is 2.51. The van der Waals surface area contributed by atoms with Gasteiger partial charge in [-0.3, -0.25) is 0 Å². The van der Waals surface area contributed by atoms with Crippen molar-refractivity contribution in [1.29, 1.82) is 0 Å². The molecule has 0 spiro atoms. The van der Waals surface area contributed by atoms with Crippen LogP contribution in [-0.4, -0.2) is 42.7 Å². The number of hydrogen-bond donors (Lipinski definition) is 2. The van der Waals surface area contributed by atoms with Gasteiger partial charge >= 0.3 is 18.1 Å². The Morgan fingerprint density at radius 1 is 1.00 bits per heavy atom. The summed E-state index contributed by atoms with van der Waals surface area (Å²) in [5.74, 6) is -2.43. The summed E-state index contributed by atoms with van der Waals surface area (Å²) >= 11 is 0. The Kier molecular flexibility index (Phi) is 7.46. The molecule has 2 aliphatic heterocycles. The molecule has 12 heteroatoms. The van der Waals surface area contributed by atoms with Crippen molar-refractivity contribution in [3.63, 3.8) is 0 Å². The molecule has 0 aliphatic carbocycles. The number of rotatable bonds is 6. The number of aromatic hydroxyl groups is 2. The largest absolute Gasteiger partial charge is 0.507 e. The summed E-state index contributed by atoms with van der Waals surface area (Å²) < 4.78 is 58.7. The first-order valence-corrected chi connectivity index (χ1v) is 10.3. The van der Waals surface area contributed by atoms with E-state index in [-0.39, 0.29) is 23.5 Å². The van der Waals surface area contributed by atoms with Crippen molar-refractivity contribution in [2.45, 2.75) is 32.2 Å². The molecule has 0 fully saturated rings. The quantitative estimate of drug-likeness (QED) is 0.340. The number of ether oxygens (including phenoxy) is 4. The highest BCUT2D eigenvalue weighted by Gasteiger charge is 2.44. The van der Waals surface area contributed by atoms with Crippen LogP contribution in [0.3, 0.4) is 0 Å². The summed E-state index contributed by atoms with van der Waals surface area (Å²) in [6, 6.07) is 1.72. The lowest BCUT2D eigenvalue weighted by atomic mass is 9.94. The van der Waals surface area contributed by atoms with Gasteiger partial charge in [0.2, 0.25) is 0 Å². The summed E-state index contributed by atoms with van der Waals surface area (Å²) in [4.78, 5) is 33.4. The Bertz CT molecular complexity index is 1250. The minimum atomic E-state index is -4.81. The number of alkyl halides is 3. The molecular formula is C24H21F3O9. The van der Waals surface area contributed by atoms with E-state index < -0.39 is 59.3 Å². The number of fused-ring (bicyclic) bond motifs is 2. The van der Waals surface area contributed by atoms with Crippen LogP contribution in [0.25, 0.3) is 0 Å². The Labute approximate surface area is 202 Å². The Hall–Kier alpha value is -4.22. The highest BCUT2D eigenvalue weighted by Crippen LogP contribution is 2.48. The zero-order valence-corrected chi connectivity index (χ0v) is 19.2. The van der Waals surface area contributed by atoms with Crippen LogP contribution in [0.15, 0.2) is 18.7 Å². The fraction of sp³-hybridized carbons (Fsp3) is 0.292. The highest BCUT2D eigenvalue weighted by atomic mass is 19.4. The number of phenols is 2. The molecule has 0 radical (unpaired) electrons. The Balaban J connectivity index is 0.000000205. The number of cyclic esters (lactones) is 2. The zero-order chi connectivity index (χ0) is 26.8. The number of allylic oxidation sites excluding steroid dienone is 1. The number of hydrogen-bond acceptors (Lipinski definition) is 9. The van der Waals surface area contributed by atoms with Crippen molar-refractivity contribution >= 4 is 18.2 Å². The lowest BCUT2D eigenvalue weighted by Gasteiger charge is -2.19. The molecule has 0 atom stereocenters. The monoisotopic (exact) mass is 510 g/mol. The predicted molar refractivity (Wildman–Crippen MR) is 116 cm³/mol. The molecule has 0 aromatic heterocycles. The van der Waals surface area contributed by atoms with Crippen LogP contribution >= 0.6 is 0 Å². The number of esters is 2. The molecule has 0 unspecified atom stereocenters. The third-order valence-corrected chi connectivity index (χ3v) is 5.53. The molecule has 2 aliphatic rings. The van der Waals surface area contributed by atoms with Crippen molar-refractivity contribution < 1.29 is 56.7 Å². The van der Waals surface area contributed by atoms with Gasteiger partial charge in [-0.1, -0.05) is 6.08 Å². The van der Waals surface area contributed by atoms with Crippen LogP contribution < -0.4 is 9.47 Å². The molecule has 2 aromatic rings. The van der Waals surface area contributed by atoms with Gasteiger partial charge in [-0.25, -0.2) is 9.59 Å². The molecule has 36 heavy (non-hydrogen) atoms. The SMILES string of the molecule is C=CCc1c(OC)cc2c(c1O)C(=O)OC2.COc1c(CC=O)c(O)c2c(c1C(F)(F)F)COC2=O. The molecule has 0 saturated carbocycles. The number of halogens is 3. The second kappa shape index (κ2) is 10.2. The molecule has 0 bridgehead atoms. The molecule has 0 amide bonds. The van der Waals surface area contributed by atoms with E-state index in [2.05, 4.69) is 11.3 Å². The molecule has 2 heterocycles. The van der Waals surface area contributed by atoms with Gasteiger partial charge in [0.25, 0.3) is 0 Å². The van der Waals surface area contributed by atoms with E-state index in [4.69, 9.17) is 14.2 Å². The minimum absolute atomic E-state index is 0.0586. The molecule has 2 aromatic carbocycles. The van der Waals surface area contributed by atoms with Crippen molar-refractivity contribution in [1.82, 2.24) is 0 Å². The van der Waals surface area contributed by atoms with Crippen molar-refractivity contribution in [3.8, 4) is 23.0 Å². The average Bonchev–Trinajstić information content (AvgIpc) is 3.39. The van der Waals surface area contributed by atoms with E-state index in [1.54, 1.807) is 12.1 Å². The second-order valence-electron chi connectivity index (χ2n) is 7.54. The summed E-state index contributed by atoms with van der Waals surface area (Å²) in [5.41, 5.74) is -1.15. The number of benzene rings is 2. The molecule has 9 nitrogen and oxygen atoms in total. The van der Waals surface area contributed by atoms with Crippen LogP contribution in [-0.2, 0) is 46.5 Å². The van der Waals surface area contributed by atoms with Crippen LogP contribution in [0.5, 0.6) is 23.0 Å². The summed E-state index contributed by atoms with van der Waals surface area (Å²) in [6.07, 6.45) is -2.93. The first-order chi connectivity index (χ1) is 17.0. The maximum Gasteiger partial charge on any atom is 0.420 e. The molecular weight excluding hydrogens is 489 g/mol. The van der Waals surface area contributed by atoms with Gasteiger partial charge < -0.3 is 34.0 Å². The predicted octanol–water partition coefficient (Wildman–Crippen LogP) is 3.63. The van der Waals surface area contributed by atoms with Gasteiger partial charge in [-0.05, 0) is 12.5 Å². The summed E-state index contributed by atoms with van der Waals surface area (Å²) in [5, 5.41) is 19.9. The average molecular weight is 510 g/mol. The smallest absolute Gasteiger partial charge is 0.420 e. The van der Waals surface area contributed by atoms with Crippen molar-refractivity contribution in [2.24, 2.45) is 0 Å². The van der Waals surface area contributed by atoms with Crippen LogP contribution in [0.4, 0.5) is 13.2 Å². The lowest BCUT2D eigenvalue weighted by molar-refractivity contribution is -0.139. The van der Waals surface area contributed by atoms with Crippen molar-refractivity contribution in [2.75, 3.05) is 14.2 Å². The molecule has 192 valence electrons. The third-order valence-electron chi connectivity index (χ3n) is 5.53. The Morgan fingerprint density at radius 3 is 2.17 bits per heavy atom. The van der Waals surface area contributed by atoms with Crippen molar-refractivity contribution in [3.05, 3.63) is 57.7 Å². The maximum atomic E-state index is 13.2. The van der Waals surface area contributed by atoms with Crippen LogP contribution in [0.1, 0.15) is 48.5 Å². The van der Waals surface area contributed by atoms with Gasteiger partial charge in [0, 0.05) is 28.7 Å². The number of carbonyl (C=O) groups is 3.